The zero-order chi connectivity index (χ0) is 21.3. The van der Waals surface area contributed by atoms with Crippen molar-refractivity contribution in [1.82, 2.24) is 0 Å². The number of carbonyl (C=O) groups excluding carboxylic acids is 1. The fraction of sp³-hybridized carbons (Fsp3) is 0.464. The standard InChI is InChI=1S/C28H37NO/c1-4-7-8-9-21-10-12-23(13-11-21)24-14-16-25(17-15-24)27-19-18-26(20-22(27)5-2)29-28(30)6-3/h6,14-21,23H,3-5,7-13H2,1-2H3,(H,29,30). The maximum Gasteiger partial charge on any atom is 0.247 e. The molecule has 160 valence electrons. The molecule has 1 fully saturated rings. The highest BCUT2D eigenvalue weighted by molar-refractivity contribution is 5.99. The lowest BCUT2D eigenvalue weighted by molar-refractivity contribution is -0.111. The summed E-state index contributed by atoms with van der Waals surface area (Å²) in [4.78, 5) is 11.6. The Morgan fingerprint density at radius 2 is 1.77 bits per heavy atom. The molecule has 2 aromatic carbocycles. The molecular formula is C28H37NO. The van der Waals surface area contributed by atoms with Crippen molar-refractivity contribution in [2.24, 2.45) is 5.92 Å². The van der Waals surface area contributed by atoms with E-state index in [1.54, 1.807) is 0 Å². The fourth-order valence-electron chi connectivity index (χ4n) is 4.84. The summed E-state index contributed by atoms with van der Waals surface area (Å²) in [5.74, 6) is 1.51. The highest BCUT2D eigenvalue weighted by Crippen LogP contribution is 2.38. The summed E-state index contributed by atoms with van der Waals surface area (Å²) < 4.78 is 0. The Bertz CT molecular complexity index is 828. The molecule has 1 aliphatic carbocycles. The molecule has 0 aromatic heterocycles. The lowest BCUT2D eigenvalue weighted by Gasteiger charge is -2.29. The number of rotatable bonds is 9. The monoisotopic (exact) mass is 403 g/mol. The maximum atomic E-state index is 11.6. The van der Waals surface area contributed by atoms with Crippen LogP contribution in [0.1, 0.15) is 82.3 Å². The molecule has 0 heterocycles. The van der Waals surface area contributed by atoms with E-state index in [1.165, 1.54) is 79.7 Å². The number of aryl methyl sites for hydroxylation is 1. The molecule has 2 heteroatoms. The summed E-state index contributed by atoms with van der Waals surface area (Å²) >= 11 is 0. The van der Waals surface area contributed by atoms with Crippen LogP contribution in [-0.4, -0.2) is 5.91 Å². The van der Waals surface area contributed by atoms with E-state index in [0.29, 0.717) is 0 Å². The molecule has 0 spiro atoms. The van der Waals surface area contributed by atoms with Crippen LogP contribution in [0.2, 0.25) is 0 Å². The average Bonchev–Trinajstić information content (AvgIpc) is 2.79. The van der Waals surface area contributed by atoms with E-state index in [0.717, 1.165) is 23.9 Å². The Hall–Kier alpha value is -2.35. The van der Waals surface area contributed by atoms with Gasteiger partial charge in [0.1, 0.15) is 0 Å². The molecule has 30 heavy (non-hydrogen) atoms. The van der Waals surface area contributed by atoms with Gasteiger partial charge in [0.15, 0.2) is 0 Å². The Morgan fingerprint density at radius 3 is 2.40 bits per heavy atom. The van der Waals surface area contributed by atoms with Crippen LogP contribution < -0.4 is 5.32 Å². The third-order valence-corrected chi connectivity index (χ3v) is 6.69. The van der Waals surface area contributed by atoms with Gasteiger partial charge in [0, 0.05) is 5.69 Å². The number of nitrogens with one attached hydrogen (secondary N) is 1. The minimum atomic E-state index is -0.172. The van der Waals surface area contributed by atoms with Gasteiger partial charge in [-0.25, -0.2) is 0 Å². The number of amides is 1. The van der Waals surface area contributed by atoms with Gasteiger partial charge in [-0.2, -0.15) is 0 Å². The molecule has 1 N–H and O–H groups in total. The molecule has 2 aromatic rings. The smallest absolute Gasteiger partial charge is 0.247 e. The van der Waals surface area contributed by atoms with Gasteiger partial charge in [0.2, 0.25) is 5.91 Å². The van der Waals surface area contributed by atoms with Gasteiger partial charge < -0.3 is 5.32 Å². The highest BCUT2D eigenvalue weighted by atomic mass is 16.1. The third kappa shape index (κ3) is 5.84. The summed E-state index contributed by atoms with van der Waals surface area (Å²) in [5, 5.41) is 2.86. The van der Waals surface area contributed by atoms with Crippen LogP contribution in [0, 0.1) is 5.92 Å². The second-order valence-electron chi connectivity index (χ2n) is 8.75. The van der Waals surface area contributed by atoms with E-state index in [-0.39, 0.29) is 5.91 Å². The quantitative estimate of drug-likeness (QED) is 0.334. The molecule has 1 aliphatic rings. The number of anilines is 1. The molecular weight excluding hydrogens is 366 g/mol. The van der Waals surface area contributed by atoms with Gasteiger partial charge in [0.25, 0.3) is 0 Å². The number of hydrogen-bond acceptors (Lipinski definition) is 1. The normalized spacial score (nSPS) is 18.7. The van der Waals surface area contributed by atoms with Gasteiger partial charge in [-0.3, -0.25) is 4.79 Å². The van der Waals surface area contributed by atoms with Crippen LogP contribution in [0.3, 0.4) is 0 Å². The van der Waals surface area contributed by atoms with Crippen molar-refractivity contribution in [3.05, 3.63) is 66.2 Å². The van der Waals surface area contributed by atoms with Crippen molar-refractivity contribution in [2.45, 2.75) is 77.6 Å². The van der Waals surface area contributed by atoms with Crippen molar-refractivity contribution in [3.63, 3.8) is 0 Å². The maximum absolute atomic E-state index is 11.6. The fourth-order valence-corrected chi connectivity index (χ4v) is 4.84. The first kappa shape index (κ1) is 22.3. The van der Waals surface area contributed by atoms with E-state index in [9.17, 15) is 4.79 Å². The Labute approximate surface area is 182 Å². The number of hydrogen-bond donors (Lipinski definition) is 1. The Kier molecular flexibility index (Phi) is 8.30. The third-order valence-electron chi connectivity index (χ3n) is 6.69. The second kappa shape index (κ2) is 11.2. The van der Waals surface area contributed by atoms with E-state index in [4.69, 9.17) is 0 Å². The Morgan fingerprint density at radius 1 is 1.03 bits per heavy atom. The van der Waals surface area contributed by atoms with E-state index in [1.807, 2.05) is 6.07 Å². The van der Waals surface area contributed by atoms with Crippen LogP contribution in [0.15, 0.2) is 55.1 Å². The van der Waals surface area contributed by atoms with Gasteiger partial charge in [0.05, 0.1) is 0 Å². The van der Waals surface area contributed by atoms with Gasteiger partial charge in [-0.15, -0.1) is 0 Å². The van der Waals surface area contributed by atoms with Crippen LogP contribution in [0.5, 0.6) is 0 Å². The van der Waals surface area contributed by atoms with E-state index >= 15 is 0 Å². The van der Waals surface area contributed by atoms with Gasteiger partial charge in [-0.05, 0) is 84.4 Å². The summed E-state index contributed by atoms with van der Waals surface area (Å²) in [6.45, 7) is 7.97. The topological polar surface area (TPSA) is 29.1 Å². The predicted molar refractivity (Wildman–Crippen MR) is 129 cm³/mol. The molecule has 0 unspecified atom stereocenters. The predicted octanol–water partition coefficient (Wildman–Crippen LogP) is 7.89. The molecule has 0 radical (unpaired) electrons. The van der Waals surface area contributed by atoms with Crippen molar-refractivity contribution in [3.8, 4) is 11.1 Å². The van der Waals surface area contributed by atoms with Crippen LogP contribution >= 0.6 is 0 Å². The summed E-state index contributed by atoms with van der Waals surface area (Å²) in [5.41, 5.74) is 6.08. The van der Waals surface area contributed by atoms with Gasteiger partial charge in [-0.1, -0.05) is 76.4 Å². The first-order valence-corrected chi connectivity index (χ1v) is 11.8. The van der Waals surface area contributed by atoms with Crippen molar-refractivity contribution >= 4 is 11.6 Å². The molecule has 0 aliphatic heterocycles. The van der Waals surface area contributed by atoms with Crippen LogP contribution in [0.4, 0.5) is 5.69 Å². The second-order valence-corrected chi connectivity index (χ2v) is 8.75. The average molecular weight is 404 g/mol. The van der Waals surface area contributed by atoms with E-state index < -0.39 is 0 Å². The van der Waals surface area contributed by atoms with Crippen LogP contribution in [-0.2, 0) is 11.2 Å². The van der Waals surface area contributed by atoms with Gasteiger partial charge >= 0.3 is 0 Å². The molecule has 3 rings (SSSR count). The molecule has 0 bridgehead atoms. The molecule has 0 saturated heterocycles. The molecule has 0 atom stereocenters. The van der Waals surface area contributed by atoms with Crippen molar-refractivity contribution in [1.29, 1.82) is 0 Å². The number of benzene rings is 2. The summed E-state index contributed by atoms with van der Waals surface area (Å²) in [7, 11) is 0. The lowest BCUT2D eigenvalue weighted by Crippen LogP contribution is -2.13. The first-order chi connectivity index (χ1) is 14.6. The summed E-state index contributed by atoms with van der Waals surface area (Å²) in [6, 6.07) is 15.4. The lowest BCUT2D eigenvalue weighted by atomic mass is 9.77. The number of carbonyl (C=O) groups is 1. The summed E-state index contributed by atoms with van der Waals surface area (Å²) in [6.07, 6.45) is 13.3. The molecule has 2 nitrogen and oxygen atoms in total. The zero-order valence-corrected chi connectivity index (χ0v) is 18.8. The number of unbranched alkanes of at least 4 members (excludes halogenated alkanes) is 2. The first-order valence-electron chi connectivity index (χ1n) is 11.8. The largest absolute Gasteiger partial charge is 0.323 e. The van der Waals surface area contributed by atoms with Crippen molar-refractivity contribution < 1.29 is 4.79 Å². The zero-order valence-electron chi connectivity index (χ0n) is 18.8. The van der Waals surface area contributed by atoms with E-state index in [2.05, 4.69) is 62.1 Å². The minimum Gasteiger partial charge on any atom is -0.323 e. The molecule has 1 saturated carbocycles. The Balaban J connectivity index is 1.64. The highest BCUT2D eigenvalue weighted by Gasteiger charge is 2.22. The van der Waals surface area contributed by atoms with Crippen molar-refractivity contribution in [2.75, 3.05) is 5.32 Å². The SMILES string of the molecule is C=CC(=O)Nc1ccc(-c2ccc(C3CCC(CCCCC)CC3)cc2)c(CC)c1. The van der Waals surface area contributed by atoms with Crippen LogP contribution in [0.25, 0.3) is 11.1 Å². The minimum absolute atomic E-state index is 0.172. The molecule has 1 amide bonds.